The van der Waals surface area contributed by atoms with E-state index in [0.29, 0.717) is 5.88 Å². The van der Waals surface area contributed by atoms with Crippen molar-refractivity contribution >= 4 is 11.6 Å². The van der Waals surface area contributed by atoms with Gasteiger partial charge in [0, 0.05) is 12.3 Å². The Balaban J connectivity index is 2.14. The molecule has 106 valence electrons. The third-order valence-electron chi connectivity index (χ3n) is 3.68. The molecule has 1 aromatic heterocycles. The van der Waals surface area contributed by atoms with Crippen molar-refractivity contribution in [1.29, 1.82) is 0 Å². The summed E-state index contributed by atoms with van der Waals surface area (Å²) in [7, 11) is 0. The highest BCUT2D eigenvalue weighted by Gasteiger charge is 2.17. The predicted molar refractivity (Wildman–Crippen MR) is 83.6 cm³/mol. The van der Waals surface area contributed by atoms with Crippen LogP contribution in [0.5, 0.6) is 11.5 Å². The number of alkyl halides is 1. The van der Waals surface area contributed by atoms with Gasteiger partial charge < -0.3 is 4.74 Å². The zero-order valence-corrected chi connectivity index (χ0v) is 12.9. The number of rotatable bonds is 5. The van der Waals surface area contributed by atoms with Crippen molar-refractivity contribution in [3.8, 4) is 11.5 Å². The van der Waals surface area contributed by atoms with E-state index in [1.54, 1.807) is 6.20 Å². The largest absolute Gasteiger partial charge is 0.457 e. The van der Waals surface area contributed by atoms with Crippen LogP contribution < -0.4 is 4.74 Å². The summed E-state index contributed by atoms with van der Waals surface area (Å²) >= 11 is 5.77. The molecule has 1 aromatic carbocycles. The minimum Gasteiger partial charge on any atom is -0.457 e. The molecule has 0 bridgehead atoms. The van der Waals surface area contributed by atoms with Crippen LogP contribution in [0, 0.1) is 0 Å². The second kappa shape index (κ2) is 6.27. The molecule has 0 N–H and O–H groups in total. The first-order valence-electron chi connectivity index (χ1n) is 6.84. The summed E-state index contributed by atoms with van der Waals surface area (Å²) in [6.45, 7) is 6.70. The second-order valence-corrected chi connectivity index (χ2v) is 5.75. The Bertz CT molecular complexity index is 563. The first kappa shape index (κ1) is 14.9. The number of aromatic nitrogens is 1. The van der Waals surface area contributed by atoms with Crippen molar-refractivity contribution in [3.05, 3.63) is 53.9 Å². The lowest BCUT2D eigenvalue weighted by molar-refractivity contribution is 0.477. The molecule has 2 aromatic rings. The SMILES string of the molecule is CCC(C)(C)c1ccc(Oc2ccnc(CCl)c2)cc1. The fraction of sp³-hybridized carbons (Fsp3) is 0.353. The number of hydrogen-bond donors (Lipinski definition) is 0. The van der Waals surface area contributed by atoms with E-state index in [4.69, 9.17) is 16.3 Å². The van der Waals surface area contributed by atoms with Crippen LogP contribution in [0.4, 0.5) is 0 Å². The Morgan fingerprint density at radius 2 is 1.80 bits per heavy atom. The number of halogens is 1. The first-order valence-corrected chi connectivity index (χ1v) is 7.38. The molecule has 20 heavy (non-hydrogen) atoms. The monoisotopic (exact) mass is 289 g/mol. The average molecular weight is 290 g/mol. The van der Waals surface area contributed by atoms with Crippen LogP contribution in [0.3, 0.4) is 0 Å². The Kier molecular flexibility index (Phi) is 4.66. The van der Waals surface area contributed by atoms with Crippen LogP contribution in [0.25, 0.3) is 0 Å². The maximum Gasteiger partial charge on any atom is 0.130 e. The quantitative estimate of drug-likeness (QED) is 0.697. The molecule has 3 heteroatoms. The molecule has 0 aliphatic rings. The number of nitrogens with zero attached hydrogens (tertiary/aromatic N) is 1. The van der Waals surface area contributed by atoms with Crippen LogP contribution in [0.1, 0.15) is 38.4 Å². The summed E-state index contributed by atoms with van der Waals surface area (Å²) in [5.41, 5.74) is 2.33. The third kappa shape index (κ3) is 3.51. The molecule has 0 radical (unpaired) electrons. The maximum absolute atomic E-state index is 5.82. The van der Waals surface area contributed by atoms with Gasteiger partial charge in [0.05, 0.1) is 11.6 Å². The molecule has 0 amide bonds. The van der Waals surface area contributed by atoms with Gasteiger partial charge in [-0.2, -0.15) is 0 Å². The summed E-state index contributed by atoms with van der Waals surface area (Å²) in [6, 6.07) is 12.0. The smallest absolute Gasteiger partial charge is 0.130 e. The molecule has 0 spiro atoms. The number of ether oxygens (including phenoxy) is 1. The molecule has 0 aliphatic carbocycles. The van der Waals surface area contributed by atoms with Crippen molar-refractivity contribution in [2.75, 3.05) is 0 Å². The lowest BCUT2D eigenvalue weighted by Gasteiger charge is -2.23. The zero-order valence-electron chi connectivity index (χ0n) is 12.2. The molecular formula is C17H20ClNO. The Morgan fingerprint density at radius 1 is 1.10 bits per heavy atom. The molecule has 2 nitrogen and oxygen atoms in total. The van der Waals surface area contributed by atoms with E-state index in [9.17, 15) is 0 Å². The summed E-state index contributed by atoms with van der Waals surface area (Å²) in [4.78, 5) is 4.15. The molecule has 0 saturated carbocycles. The van der Waals surface area contributed by atoms with E-state index in [1.165, 1.54) is 5.56 Å². The lowest BCUT2D eigenvalue weighted by Crippen LogP contribution is -2.14. The van der Waals surface area contributed by atoms with E-state index in [-0.39, 0.29) is 5.41 Å². The fourth-order valence-corrected chi connectivity index (χ4v) is 2.05. The van der Waals surface area contributed by atoms with Gasteiger partial charge in [-0.05, 0) is 35.6 Å². The van der Waals surface area contributed by atoms with E-state index < -0.39 is 0 Å². The Labute approximate surface area is 125 Å². The number of hydrogen-bond acceptors (Lipinski definition) is 2. The van der Waals surface area contributed by atoms with Gasteiger partial charge in [0.15, 0.2) is 0 Å². The van der Waals surface area contributed by atoms with Crippen molar-refractivity contribution in [2.45, 2.75) is 38.5 Å². The predicted octanol–water partition coefficient (Wildman–Crippen LogP) is 5.30. The number of benzene rings is 1. The van der Waals surface area contributed by atoms with Gasteiger partial charge in [-0.1, -0.05) is 32.9 Å². The summed E-state index contributed by atoms with van der Waals surface area (Å²) in [6.07, 6.45) is 2.82. The summed E-state index contributed by atoms with van der Waals surface area (Å²) in [5, 5.41) is 0. The van der Waals surface area contributed by atoms with Crippen LogP contribution in [0.2, 0.25) is 0 Å². The lowest BCUT2D eigenvalue weighted by atomic mass is 9.82. The molecule has 0 unspecified atom stereocenters. The molecule has 2 rings (SSSR count). The first-order chi connectivity index (χ1) is 9.55. The van der Waals surface area contributed by atoms with Gasteiger partial charge in [-0.15, -0.1) is 11.6 Å². The fourth-order valence-electron chi connectivity index (χ4n) is 1.91. The van der Waals surface area contributed by atoms with Crippen LogP contribution in [-0.2, 0) is 11.3 Å². The minimum atomic E-state index is 0.195. The highest BCUT2D eigenvalue weighted by atomic mass is 35.5. The Hall–Kier alpha value is -1.54. The highest BCUT2D eigenvalue weighted by molar-refractivity contribution is 6.16. The zero-order chi connectivity index (χ0) is 14.6. The molecule has 0 saturated heterocycles. The molecule has 0 aliphatic heterocycles. The van der Waals surface area contributed by atoms with Gasteiger partial charge in [0.1, 0.15) is 11.5 Å². The molecule has 1 heterocycles. The van der Waals surface area contributed by atoms with Crippen molar-refractivity contribution < 1.29 is 4.74 Å². The van der Waals surface area contributed by atoms with E-state index in [2.05, 4.69) is 37.9 Å². The maximum atomic E-state index is 5.82. The summed E-state index contributed by atoms with van der Waals surface area (Å²) < 4.78 is 5.82. The molecular weight excluding hydrogens is 270 g/mol. The van der Waals surface area contributed by atoms with Gasteiger partial charge in [-0.25, -0.2) is 0 Å². The normalized spacial score (nSPS) is 11.4. The average Bonchev–Trinajstić information content (AvgIpc) is 2.48. The topological polar surface area (TPSA) is 22.1 Å². The molecule has 0 atom stereocenters. The van der Waals surface area contributed by atoms with Gasteiger partial charge in [0.25, 0.3) is 0 Å². The number of pyridine rings is 1. The highest BCUT2D eigenvalue weighted by Crippen LogP contribution is 2.29. The standard InChI is InChI=1S/C17H20ClNO/c1-4-17(2,3)13-5-7-15(8-6-13)20-16-9-10-19-14(11-16)12-18/h5-11H,4,12H2,1-3H3. The van der Waals surface area contributed by atoms with E-state index in [1.807, 2.05) is 24.3 Å². The Morgan fingerprint density at radius 3 is 2.40 bits per heavy atom. The minimum absolute atomic E-state index is 0.195. The van der Waals surface area contributed by atoms with Gasteiger partial charge >= 0.3 is 0 Å². The van der Waals surface area contributed by atoms with Crippen LogP contribution in [0.15, 0.2) is 42.6 Å². The van der Waals surface area contributed by atoms with Crippen molar-refractivity contribution in [1.82, 2.24) is 4.98 Å². The third-order valence-corrected chi connectivity index (χ3v) is 3.95. The van der Waals surface area contributed by atoms with Crippen molar-refractivity contribution in [3.63, 3.8) is 0 Å². The van der Waals surface area contributed by atoms with E-state index >= 15 is 0 Å². The molecule has 0 fully saturated rings. The summed E-state index contributed by atoms with van der Waals surface area (Å²) in [5.74, 6) is 1.98. The van der Waals surface area contributed by atoms with Crippen LogP contribution >= 0.6 is 11.6 Å². The van der Waals surface area contributed by atoms with Gasteiger partial charge in [-0.3, -0.25) is 4.98 Å². The van der Waals surface area contributed by atoms with Crippen LogP contribution in [-0.4, -0.2) is 4.98 Å². The van der Waals surface area contributed by atoms with E-state index in [0.717, 1.165) is 23.6 Å². The second-order valence-electron chi connectivity index (χ2n) is 5.48. The van der Waals surface area contributed by atoms with Crippen molar-refractivity contribution in [2.24, 2.45) is 0 Å². The van der Waals surface area contributed by atoms with Gasteiger partial charge in [0.2, 0.25) is 0 Å².